The Balaban J connectivity index is 0.739. The monoisotopic (exact) mass is 1710 g/mol. The van der Waals surface area contributed by atoms with Gasteiger partial charge in [-0.15, -0.1) is 16.6 Å². The fourth-order valence-electron chi connectivity index (χ4n) is 11.0. The second-order valence-electron chi connectivity index (χ2n) is 25.8. The molecule has 41 heteroatoms. The van der Waals surface area contributed by atoms with Gasteiger partial charge in [-0.05, 0) is 24.0 Å². The second kappa shape index (κ2) is 66.6. The fraction of sp³-hybridized carbons (Fsp3) is 0.650. The molecule has 5 amide bonds. The molecule has 1 aliphatic rings. The molecule has 5 aromatic rings. The molecule has 0 unspecified atom stereocenters. The molecule has 41 nitrogen and oxygen atoms in total. The molecule has 1 saturated heterocycles. The van der Waals surface area contributed by atoms with Crippen molar-refractivity contribution in [2.75, 3.05) is 311 Å². The number of nitrogens with zero attached hydrogens (tertiary/aromatic N) is 10. The van der Waals surface area contributed by atoms with E-state index in [1.165, 1.54) is 40.1 Å². The number of hydrogen-bond acceptors (Lipinski definition) is 33. The summed E-state index contributed by atoms with van der Waals surface area (Å²) in [5.74, 6) is -0.766. The zero-order valence-electron chi connectivity index (χ0n) is 69.6. The number of piperidine rings is 1. The number of Topliss-reactive ketones (excluding diaryl/α,β-unsaturated/α-hetero) is 1. The molecular weight excluding hydrogens is 1590 g/mol. The van der Waals surface area contributed by atoms with Gasteiger partial charge in [0.25, 0.3) is 17.6 Å². The number of terminal acetylenes is 1. The van der Waals surface area contributed by atoms with Crippen molar-refractivity contribution in [3.05, 3.63) is 83.5 Å². The van der Waals surface area contributed by atoms with Gasteiger partial charge in [0.2, 0.25) is 23.5 Å². The highest BCUT2D eigenvalue weighted by atomic mass is 16.6. The summed E-state index contributed by atoms with van der Waals surface area (Å²) >= 11 is 0. The predicted octanol–water partition coefficient (Wildman–Crippen LogP) is 0.502. The zero-order chi connectivity index (χ0) is 85.9. The molecule has 0 bridgehead atoms. The molecule has 0 saturated carbocycles. The Morgan fingerprint density at radius 2 is 0.983 bits per heavy atom. The lowest BCUT2D eigenvalue weighted by atomic mass is 9.93. The number of benzene rings is 1. The number of aromatic nitrogens is 8. The smallest absolute Gasteiger partial charge is 0.295 e. The first-order valence-electron chi connectivity index (χ1n) is 40.4. The maximum Gasteiger partial charge on any atom is 0.295 e. The number of nitrogens with one attached hydrogen (secondary N) is 4. The van der Waals surface area contributed by atoms with Crippen LogP contribution in [0, 0.1) is 23.7 Å². The van der Waals surface area contributed by atoms with Crippen molar-refractivity contribution in [3.63, 3.8) is 0 Å². The molecule has 0 atom stereocenters. The first kappa shape index (κ1) is 101. The molecule has 1 aromatic carbocycles. The van der Waals surface area contributed by atoms with Crippen LogP contribution in [0.4, 0.5) is 0 Å². The Bertz CT molecular complexity index is 3760. The van der Waals surface area contributed by atoms with E-state index in [1.54, 1.807) is 13.3 Å². The number of nitriles is 1. The number of likely N-dealkylation sites (tertiary alicyclic amines) is 1. The number of aromatic amines is 1. The molecule has 0 radical (unpaired) electrons. The van der Waals surface area contributed by atoms with Gasteiger partial charge in [-0.1, -0.05) is 41.5 Å². The quantitative estimate of drug-likeness (QED) is 0.0135. The molecule has 0 aliphatic carbocycles. The topological polar surface area (TPSA) is 453 Å². The summed E-state index contributed by atoms with van der Waals surface area (Å²) in [7, 11) is 3.05. The van der Waals surface area contributed by atoms with Crippen LogP contribution in [-0.4, -0.2) is 396 Å². The van der Waals surface area contributed by atoms with Crippen LogP contribution in [0.1, 0.15) is 51.5 Å². The van der Waals surface area contributed by atoms with Crippen LogP contribution in [0.15, 0.2) is 60.8 Å². The number of hydrogen-bond donors (Lipinski definition) is 4. The third-order valence-corrected chi connectivity index (χ3v) is 17.1. The van der Waals surface area contributed by atoms with Gasteiger partial charge in [0.05, 0.1) is 312 Å². The second-order valence-corrected chi connectivity index (χ2v) is 25.8. The summed E-state index contributed by atoms with van der Waals surface area (Å²) in [5, 5.41) is 31.0. The van der Waals surface area contributed by atoms with Crippen LogP contribution in [0.2, 0.25) is 0 Å². The molecule has 0 spiro atoms. The number of methoxy groups -OCH3 is 2. The molecule has 1 aliphatic heterocycles. The van der Waals surface area contributed by atoms with E-state index in [2.05, 4.69) is 58.3 Å². The van der Waals surface area contributed by atoms with Gasteiger partial charge in [-0.25, -0.2) is 9.97 Å². The van der Waals surface area contributed by atoms with Crippen molar-refractivity contribution in [3.8, 4) is 30.0 Å². The Morgan fingerprint density at radius 3 is 1.45 bits per heavy atom. The van der Waals surface area contributed by atoms with Crippen LogP contribution in [0.3, 0.4) is 0 Å². The number of amides is 5. The van der Waals surface area contributed by atoms with E-state index in [1.807, 2.05) is 30.3 Å². The summed E-state index contributed by atoms with van der Waals surface area (Å²) in [5.41, 5.74) is 3.28. The average molecular weight is 1710 g/mol. The molecular formula is C80H120N14O27. The predicted molar refractivity (Wildman–Crippen MR) is 431 cm³/mol. The van der Waals surface area contributed by atoms with E-state index in [9.17, 15) is 34.0 Å². The number of carbonyl (C=O) groups excluding carboxylic acids is 6. The number of ketones is 1. The number of allylic oxidation sites excluding steroid dienone is 1. The van der Waals surface area contributed by atoms with Crippen LogP contribution >= 0.6 is 0 Å². The van der Waals surface area contributed by atoms with Crippen molar-refractivity contribution in [2.45, 2.75) is 32.4 Å². The minimum atomic E-state index is -0.747. The minimum absolute atomic E-state index is 0.0303. The van der Waals surface area contributed by atoms with Gasteiger partial charge in [0, 0.05) is 46.0 Å². The van der Waals surface area contributed by atoms with E-state index >= 15 is 0 Å². The van der Waals surface area contributed by atoms with E-state index in [0.717, 1.165) is 16.0 Å². The van der Waals surface area contributed by atoms with E-state index in [0.29, 0.717) is 220 Å². The number of H-pyrrole nitrogens is 1. The minimum Gasteiger partial charge on any atom is -0.494 e. The average Bonchev–Trinajstić information content (AvgIpc) is 1.64. The van der Waals surface area contributed by atoms with Gasteiger partial charge in [-0.3, -0.25) is 33.4 Å². The first-order chi connectivity index (χ1) is 59.5. The van der Waals surface area contributed by atoms with Crippen molar-refractivity contribution in [2.24, 2.45) is 0 Å². The third-order valence-electron chi connectivity index (χ3n) is 17.1. The number of rotatable bonds is 76. The van der Waals surface area contributed by atoms with Gasteiger partial charge >= 0.3 is 0 Å². The Morgan fingerprint density at radius 1 is 0.537 bits per heavy atom. The molecule has 1 fully saturated rings. The molecule has 121 heavy (non-hydrogen) atoms. The van der Waals surface area contributed by atoms with Gasteiger partial charge < -0.3 is 130 Å². The highest BCUT2D eigenvalue weighted by Crippen LogP contribution is 2.33. The summed E-state index contributed by atoms with van der Waals surface area (Å²) in [6.07, 6.45) is 11.8. The molecule has 4 aromatic heterocycles. The van der Waals surface area contributed by atoms with Crippen molar-refractivity contribution < 1.29 is 128 Å². The Labute approximate surface area is 705 Å². The van der Waals surface area contributed by atoms with Crippen LogP contribution < -0.4 is 20.7 Å². The van der Waals surface area contributed by atoms with Crippen molar-refractivity contribution >= 4 is 51.8 Å². The fourth-order valence-corrected chi connectivity index (χ4v) is 11.0. The van der Waals surface area contributed by atoms with Crippen LogP contribution in [0.25, 0.3) is 22.3 Å². The standard InChI is InChI=1S/C80H120N14O27/c1-4-19-103-25-29-108-35-36-109-30-26-104-20-12-73(97)92(62-72(96)83-14-21-105-27-31-110-37-38-113-41-42-115-45-46-117-49-50-119-52-51-118-48-47-116-44-43-114-40-39-112-34-33-107-24-23-101-2)61-71(95)82-13-18-93-60-67(88-90-93)63-121-56-55-120-54-53-111-32-28-106-22-15-84-79(99)77-87-64-94(89-77)78-75-74(70(102-3)59-86-78)69(58-85-75)76(98)80(100)91-16-10-66(11-17-91)68(57-81)65-8-6-5-7-9-65/h1,5-9,58-60,64,85H,10-56,61-63H2,2-3H3,(H,82,95)(H,83,96)(H,84,99). The van der Waals surface area contributed by atoms with E-state index in [-0.39, 0.29) is 148 Å². The van der Waals surface area contributed by atoms with Crippen LogP contribution in [0.5, 0.6) is 5.75 Å². The lowest BCUT2D eigenvalue weighted by Crippen LogP contribution is -2.46. The van der Waals surface area contributed by atoms with E-state index < -0.39 is 41.9 Å². The molecule has 5 heterocycles. The van der Waals surface area contributed by atoms with Crippen LogP contribution in [-0.2, 0) is 127 Å². The van der Waals surface area contributed by atoms with Crippen molar-refractivity contribution in [1.29, 1.82) is 5.26 Å². The van der Waals surface area contributed by atoms with Gasteiger partial charge in [0.1, 0.15) is 37.5 Å². The SMILES string of the molecule is C#CCOCCOCCOCCOCCC(=O)N(CC(=O)NCCOCCOCCOCCOCCOCCOCCOCCOCCOCCOCCOCCOC)CC(=O)NCCn1cc(COCCOCCOCCOCCNC(=O)c2ncn(-c3ncc(OC)c4c(C(=O)C(=O)N5CCC(=C(C#N)c6ccccc6)CC5)c[nH]c34)n2)nn1. The van der Waals surface area contributed by atoms with Gasteiger partial charge in [-0.2, -0.15) is 9.94 Å². The zero-order valence-corrected chi connectivity index (χ0v) is 69.6. The Kier molecular flexibility index (Phi) is 55.5. The lowest BCUT2D eigenvalue weighted by Gasteiger charge is -2.28. The lowest BCUT2D eigenvalue weighted by molar-refractivity contribution is -0.140. The first-order valence-corrected chi connectivity index (χ1v) is 40.4. The summed E-state index contributed by atoms with van der Waals surface area (Å²) in [4.78, 5) is 94.4. The number of carbonyl (C=O) groups is 6. The summed E-state index contributed by atoms with van der Waals surface area (Å²) in [6.45, 7) is 14.7. The third kappa shape index (κ3) is 44.1. The number of ether oxygens (including phenoxy) is 21. The Hall–Kier alpha value is -9.00. The summed E-state index contributed by atoms with van der Waals surface area (Å²) in [6, 6.07) is 11.7. The highest BCUT2D eigenvalue weighted by Gasteiger charge is 2.31. The van der Waals surface area contributed by atoms with Crippen molar-refractivity contribution in [1.82, 2.24) is 65.5 Å². The highest BCUT2D eigenvalue weighted by molar-refractivity contribution is 6.45. The molecule has 672 valence electrons. The maximum absolute atomic E-state index is 13.8. The van der Waals surface area contributed by atoms with E-state index in [4.69, 9.17) is 106 Å². The molecule has 6 rings (SSSR count). The maximum atomic E-state index is 13.8. The van der Waals surface area contributed by atoms with Gasteiger partial charge in [0.15, 0.2) is 5.82 Å². The normalized spacial score (nSPS) is 12.1. The molecule has 4 N–H and O–H groups in total. The largest absolute Gasteiger partial charge is 0.494 e. The number of pyridine rings is 1. The number of fused-ring (bicyclic) bond motifs is 1. The summed E-state index contributed by atoms with van der Waals surface area (Å²) < 4.78 is 118.